The molecule has 3 heterocycles. The van der Waals surface area contributed by atoms with E-state index in [0.29, 0.717) is 43.7 Å². The fraction of sp³-hybridized carbons (Fsp3) is 0.429. The van der Waals surface area contributed by atoms with Crippen LogP contribution < -0.4 is 0 Å². The van der Waals surface area contributed by atoms with Crippen LogP contribution in [0.5, 0.6) is 0 Å². The predicted octanol–water partition coefficient (Wildman–Crippen LogP) is 0.498. The number of aryl methyl sites for hydroxylation is 1. The van der Waals surface area contributed by atoms with Crippen molar-refractivity contribution in [1.29, 1.82) is 0 Å². The summed E-state index contributed by atoms with van der Waals surface area (Å²) in [6, 6.07) is 3.32. The minimum absolute atomic E-state index is 0.0640. The third-order valence-electron chi connectivity index (χ3n) is 3.53. The third-order valence-corrected chi connectivity index (χ3v) is 3.53. The number of aromatic nitrogens is 2. The van der Waals surface area contributed by atoms with Crippen LogP contribution in [-0.2, 0) is 11.2 Å². The molecule has 1 fully saturated rings. The van der Waals surface area contributed by atoms with Gasteiger partial charge >= 0.3 is 0 Å². The van der Waals surface area contributed by atoms with E-state index >= 15 is 0 Å². The lowest BCUT2D eigenvalue weighted by molar-refractivity contribution is -0.132. The third kappa shape index (κ3) is 3.00. The minimum Gasteiger partial charge on any atom is -0.459 e. The monoisotopic (exact) mass is 304 g/mol. The largest absolute Gasteiger partial charge is 0.459 e. The molecule has 0 aliphatic carbocycles. The SMILES string of the molecule is Cc1nc(CC(=O)N2CCN(C(=O)c3ccco3)CC2)no1. The number of hydrogen-bond acceptors (Lipinski definition) is 6. The van der Waals surface area contributed by atoms with Crippen molar-refractivity contribution in [3.05, 3.63) is 35.9 Å². The highest BCUT2D eigenvalue weighted by Gasteiger charge is 2.26. The Morgan fingerprint density at radius 3 is 2.55 bits per heavy atom. The fourth-order valence-corrected chi connectivity index (χ4v) is 2.38. The highest BCUT2D eigenvalue weighted by atomic mass is 16.5. The van der Waals surface area contributed by atoms with E-state index in [1.807, 2.05) is 0 Å². The molecule has 3 rings (SSSR count). The number of amides is 2. The van der Waals surface area contributed by atoms with Crippen LogP contribution in [0.3, 0.4) is 0 Å². The summed E-state index contributed by atoms with van der Waals surface area (Å²) < 4.78 is 9.95. The Kier molecular flexibility index (Phi) is 3.90. The summed E-state index contributed by atoms with van der Waals surface area (Å²) in [4.78, 5) is 31.7. The zero-order valence-electron chi connectivity index (χ0n) is 12.2. The van der Waals surface area contributed by atoms with Gasteiger partial charge in [-0.25, -0.2) is 0 Å². The maximum absolute atomic E-state index is 12.2. The summed E-state index contributed by atoms with van der Waals surface area (Å²) in [7, 11) is 0. The summed E-state index contributed by atoms with van der Waals surface area (Å²) >= 11 is 0. The number of furan rings is 1. The topological polar surface area (TPSA) is 92.7 Å². The number of nitrogens with zero attached hydrogens (tertiary/aromatic N) is 4. The standard InChI is InChI=1S/C14H16N4O4/c1-10-15-12(16-22-10)9-13(19)17-4-6-18(7-5-17)14(20)11-3-2-8-21-11/h2-3,8H,4-7,9H2,1H3. The highest BCUT2D eigenvalue weighted by molar-refractivity contribution is 5.91. The average molecular weight is 304 g/mol. The van der Waals surface area contributed by atoms with Crippen LogP contribution in [0.15, 0.2) is 27.3 Å². The zero-order chi connectivity index (χ0) is 15.5. The van der Waals surface area contributed by atoms with Gasteiger partial charge in [-0.2, -0.15) is 4.98 Å². The van der Waals surface area contributed by atoms with Crippen LogP contribution >= 0.6 is 0 Å². The van der Waals surface area contributed by atoms with Gasteiger partial charge in [0.05, 0.1) is 12.7 Å². The molecule has 22 heavy (non-hydrogen) atoms. The summed E-state index contributed by atoms with van der Waals surface area (Å²) in [5.41, 5.74) is 0. The van der Waals surface area contributed by atoms with Gasteiger partial charge in [0.2, 0.25) is 11.8 Å². The van der Waals surface area contributed by atoms with E-state index in [2.05, 4.69) is 10.1 Å². The van der Waals surface area contributed by atoms with Crippen molar-refractivity contribution in [1.82, 2.24) is 19.9 Å². The van der Waals surface area contributed by atoms with Crippen molar-refractivity contribution in [3.63, 3.8) is 0 Å². The summed E-state index contributed by atoms with van der Waals surface area (Å²) in [6.45, 7) is 3.62. The first kappa shape index (κ1) is 14.3. The van der Waals surface area contributed by atoms with Gasteiger partial charge in [-0.05, 0) is 12.1 Å². The van der Waals surface area contributed by atoms with Gasteiger partial charge in [0.25, 0.3) is 5.91 Å². The Hall–Kier alpha value is -2.64. The van der Waals surface area contributed by atoms with Crippen LogP contribution in [-0.4, -0.2) is 57.9 Å². The van der Waals surface area contributed by atoms with Gasteiger partial charge in [-0.15, -0.1) is 0 Å². The molecule has 8 nitrogen and oxygen atoms in total. The molecule has 1 aliphatic rings. The van der Waals surface area contributed by atoms with Crippen molar-refractivity contribution in [3.8, 4) is 0 Å². The van der Waals surface area contributed by atoms with Gasteiger partial charge in [0.1, 0.15) is 0 Å². The predicted molar refractivity (Wildman–Crippen MR) is 73.9 cm³/mol. The van der Waals surface area contributed by atoms with E-state index in [0.717, 1.165) is 0 Å². The lowest BCUT2D eigenvalue weighted by Crippen LogP contribution is -2.51. The number of rotatable bonds is 3. The lowest BCUT2D eigenvalue weighted by Gasteiger charge is -2.34. The van der Waals surface area contributed by atoms with Crippen molar-refractivity contribution in [2.75, 3.05) is 26.2 Å². The fourth-order valence-electron chi connectivity index (χ4n) is 2.38. The highest BCUT2D eigenvalue weighted by Crippen LogP contribution is 2.10. The second-order valence-electron chi connectivity index (χ2n) is 5.06. The molecular formula is C14H16N4O4. The molecule has 0 N–H and O–H groups in total. The second kappa shape index (κ2) is 6.00. The maximum Gasteiger partial charge on any atom is 0.289 e. The van der Waals surface area contributed by atoms with E-state index in [1.54, 1.807) is 28.9 Å². The first-order valence-electron chi connectivity index (χ1n) is 7.03. The van der Waals surface area contributed by atoms with E-state index < -0.39 is 0 Å². The summed E-state index contributed by atoms with van der Waals surface area (Å²) in [6.07, 6.45) is 1.59. The first-order chi connectivity index (χ1) is 10.6. The molecule has 0 bridgehead atoms. The normalized spacial score (nSPS) is 15.1. The molecule has 0 atom stereocenters. The Bertz CT molecular complexity index is 656. The summed E-state index contributed by atoms with van der Waals surface area (Å²) in [5, 5.41) is 3.72. The van der Waals surface area contributed by atoms with Gasteiger partial charge in [0, 0.05) is 33.1 Å². The Morgan fingerprint density at radius 1 is 1.23 bits per heavy atom. The van der Waals surface area contributed by atoms with Gasteiger partial charge < -0.3 is 18.7 Å². The zero-order valence-corrected chi connectivity index (χ0v) is 12.2. The lowest BCUT2D eigenvalue weighted by atomic mass is 10.2. The van der Waals surface area contributed by atoms with Crippen molar-refractivity contribution in [2.24, 2.45) is 0 Å². The van der Waals surface area contributed by atoms with Crippen molar-refractivity contribution >= 4 is 11.8 Å². The molecule has 0 unspecified atom stereocenters. The molecule has 1 saturated heterocycles. The van der Waals surface area contributed by atoms with E-state index in [-0.39, 0.29) is 18.2 Å². The molecule has 0 spiro atoms. The van der Waals surface area contributed by atoms with Gasteiger partial charge in [-0.1, -0.05) is 5.16 Å². The molecule has 8 heteroatoms. The maximum atomic E-state index is 12.2. The van der Waals surface area contributed by atoms with Crippen LogP contribution in [0.1, 0.15) is 22.3 Å². The van der Waals surface area contributed by atoms with Crippen LogP contribution in [0.25, 0.3) is 0 Å². The molecule has 2 amide bonds. The Balaban J connectivity index is 1.53. The van der Waals surface area contributed by atoms with Gasteiger partial charge in [-0.3, -0.25) is 9.59 Å². The van der Waals surface area contributed by atoms with E-state index in [4.69, 9.17) is 8.94 Å². The van der Waals surface area contributed by atoms with E-state index in [1.165, 1.54) is 6.26 Å². The smallest absolute Gasteiger partial charge is 0.289 e. The second-order valence-corrected chi connectivity index (χ2v) is 5.06. The molecule has 0 saturated carbocycles. The molecular weight excluding hydrogens is 288 g/mol. The molecule has 0 radical (unpaired) electrons. The Labute approximate surface area is 126 Å². The van der Waals surface area contributed by atoms with Crippen molar-refractivity contribution < 1.29 is 18.5 Å². The number of piperazine rings is 1. The molecule has 0 aromatic carbocycles. The first-order valence-corrected chi connectivity index (χ1v) is 7.03. The van der Waals surface area contributed by atoms with E-state index in [9.17, 15) is 9.59 Å². The minimum atomic E-state index is -0.147. The van der Waals surface area contributed by atoms with Crippen LogP contribution in [0.2, 0.25) is 0 Å². The molecule has 116 valence electrons. The molecule has 1 aliphatic heterocycles. The van der Waals surface area contributed by atoms with Crippen molar-refractivity contribution in [2.45, 2.75) is 13.3 Å². The van der Waals surface area contributed by atoms with Crippen LogP contribution in [0.4, 0.5) is 0 Å². The van der Waals surface area contributed by atoms with Gasteiger partial charge in [0.15, 0.2) is 11.6 Å². The van der Waals surface area contributed by atoms with Crippen LogP contribution in [0, 0.1) is 6.92 Å². The number of hydrogen-bond donors (Lipinski definition) is 0. The average Bonchev–Trinajstić information content (AvgIpc) is 3.18. The molecule has 2 aromatic rings. The Morgan fingerprint density at radius 2 is 1.95 bits per heavy atom. The number of carbonyl (C=O) groups excluding carboxylic acids is 2. The summed E-state index contributed by atoms with van der Waals surface area (Å²) in [5.74, 6) is 0.937. The quantitative estimate of drug-likeness (QED) is 0.819. The number of carbonyl (C=O) groups is 2. The molecule has 2 aromatic heterocycles.